The minimum absolute atomic E-state index is 0.0143. The predicted octanol–water partition coefficient (Wildman–Crippen LogP) is 1.63. The minimum Gasteiger partial charge on any atom is -0.481 e. The van der Waals surface area contributed by atoms with Crippen LogP contribution in [0.1, 0.15) is 34.6 Å². The Bertz CT molecular complexity index is 652. The monoisotopic (exact) mass is 303 g/mol. The van der Waals surface area contributed by atoms with Crippen LogP contribution < -0.4 is 0 Å². The summed E-state index contributed by atoms with van der Waals surface area (Å²) in [5, 5.41) is 25.4. The Kier molecular flexibility index (Phi) is 5.24. The van der Waals surface area contributed by atoms with Gasteiger partial charge in [0.25, 0.3) is 0 Å². The number of hydrogen-bond donors (Lipinski definition) is 2. The van der Waals surface area contributed by atoms with Gasteiger partial charge in [-0.1, -0.05) is 35.5 Å². The van der Waals surface area contributed by atoms with E-state index >= 15 is 0 Å². The van der Waals surface area contributed by atoms with Gasteiger partial charge in [0.15, 0.2) is 5.69 Å². The summed E-state index contributed by atoms with van der Waals surface area (Å²) in [7, 11) is 0. The number of aryl methyl sites for hydroxylation is 2. The molecule has 0 saturated heterocycles. The van der Waals surface area contributed by atoms with E-state index < -0.39 is 11.9 Å². The third-order valence-corrected chi connectivity index (χ3v) is 3.29. The fourth-order valence-corrected chi connectivity index (χ4v) is 2.21. The van der Waals surface area contributed by atoms with Crippen LogP contribution in [0.15, 0.2) is 30.3 Å². The number of aromatic carboxylic acids is 1. The van der Waals surface area contributed by atoms with E-state index in [1.54, 1.807) is 0 Å². The maximum Gasteiger partial charge on any atom is 0.358 e. The molecule has 0 amide bonds. The van der Waals surface area contributed by atoms with E-state index in [2.05, 4.69) is 10.3 Å². The van der Waals surface area contributed by atoms with Crippen LogP contribution in [0.3, 0.4) is 0 Å². The summed E-state index contributed by atoms with van der Waals surface area (Å²) in [5.74, 6) is -2.00. The van der Waals surface area contributed by atoms with Gasteiger partial charge in [0, 0.05) is 13.0 Å². The van der Waals surface area contributed by atoms with Gasteiger partial charge in [0.2, 0.25) is 0 Å². The molecule has 0 unspecified atom stereocenters. The van der Waals surface area contributed by atoms with Crippen molar-refractivity contribution in [3.8, 4) is 0 Å². The molecule has 0 aliphatic heterocycles. The highest BCUT2D eigenvalue weighted by Gasteiger charge is 2.18. The van der Waals surface area contributed by atoms with Crippen LogP contribution >= 0.6 is 0 Å². The van der Waals surface area contributed by atoms with Crippen LogP contribution in [-0.4, -0.2) is 37.1 Å². The molecule has 7 heteroatoms. The number of carbonyl (C=O) groups is 2. The predicted molar refractivity (Wildman–Crippen MR) is 77.7 cm³/mol. The molecule has 0 atom stereocenters. The van der Waals surface area contributed by atoms with E-state index in [1.807, 2.05) is 30.3 Å². The van der Waals surface area contributed by atoms with Crippen molar-refractivity contribution < 1.29 is 19.8 Å². The van der Waals surface area contributed by atoms with Crippen LogP contribution in [0, 0.1) is 0 Å². The van der Waals surface area contributed by atoms with Crippen LogP contribution in [0.4, 0.5) is 0 Å². The van der Waals surface area contributed by atoms with Crippen molar-refractivity contribution in [3.63, 3.8) is 0 Å². The molecule has 0 aliphatic rings. The number of benzene rings is 1. The Labute approximate surface area is 127 Å². The lowest BCUT2D eigenvalue weighted by Gasteiger charge is -2.06. The molecule has 0 aliphatic carbocycles. The van der Waals surface area contributed by atoms with Crippen molar-refractivity contribution >= 4 is 11.9 Å². The molecule has 2 N–H and O–H groups in total. The molecule has 0 bridgehead atoms. The maximum absolute atomic E-state index is 11.2. The average molecular weight is 303 g/mol. The Morgan fingerprint density at radius 3 is 2.45 bits per heavy atom. The number of hydrogen-bond acceptors (Lipinski definition) is 4. The molecule has 1 aromatic carbocycles. The Hall–Kier alpha value is -2.70. The zero-order valence-electron chi connectivity index (χ0n) is 12.0. The van der Waals surface area contributed by atoms with Crippen molar-refractivity contribution in [1.29, 1.82) is 0 Å². The lowest BCUT2D eigenvalue weighted by Crippen LogP contribution is -2.11. The van der Waals surface area contributed by atoms with E-state index in [0.29, 0.717) is 31.5 Å². The number of carboxylic acid groups (broad SMARTS) is 2. The van der Waals surface area contributed by atoms with Gasteiger partial charge in [-0.25, -0.2) is 9.48 Å². The summed E-state index contributed by atoms with van der Waals surface area (Å²) in [4.78, 5) is 21.8. The molecule has 1 heterocycles. The maximum atomic E-state index is 11.2. The second-order valence-corrected chi connectivity index (χ2v) is 4.90. The molecular formula is C15H17N3O4. The van der Waals surface area contributed by atoms with Gasteiger partial charge in [-0.2, -0.15) is 0 Å². The zero-order chi connectivity index (χ0) is 15.9. The Morgan fingerprint density at radius 1 is 1.09 bits per heavy atom. The van der Waals surface area contributed by atoms with E-state index in [4.69, 9.17) is 5.11 Å². The lowest BCUT2D eigenvalue weighted by atomic mass is 10.1. The SMILES string of the molecule is O=C(O)CCCn1nnc(C(=O)O)c1CCc1ccccc1. The van der Waals surface area contributed by atoms with Gasteiger partial charge in [-0.05, 0) is 24.8 Å². The van der Waals surface area contributed by atoms with Crippen molar-refractivity contribution in [2.75, 3.05) is 0 Å². The van der Waals surface area contributed by atoms with Crippen molar-refractivity contribution in [2.45, 2.75) is 32.2 Å². The Morgan fingerprint density at radius 2 is 1.82 bits per heavy atom. The number of nitrogens with zero attached hydrogens (tertiary/aromatic N) is 3. The highest BCUT2D eigenvalue weighted by Crippen LogP contribution is 2.12. The van der Waals surface area contributed by atoms with Gasteiger partial charge < -0.3 is 10.2 Å². The molecule has 1 aromatic heterocycles. The first-order chi connectivity index (χ1) is 10.6. The summed E-state index contributed by atoms with van der Waals surface area (Å²) < 4.78 is 1.50. The van der Waals surface area contributed by atoms with E-state index in [9.17, 15) is 14.7 Å². The van der Waals surface area contributed by atoms with Gasteiger partial charge in [-0.15, -0.1) is 5.10 Å². The molecule has 0 saturated carbocycles. The summed E-state index contributed by atoms with van der Waals surface area (Å²) in [6.07, 6.45) is 1.57. The number of carboxylic acids is 2. The molecule has 22 heavy (non-hydrogen) atoms. The van der Waals surface area contributed by atoms with Crippen molar-refractivity contribution in [3.05, 3.63) is 47.3 Å². The standard InChI is InChI=1S/C15H17N3O4/c19-13(20)7-4-10-18-12(14(15(21)22)16-17-18)9-8-11-5-2-1-3-6-11/h1-3,5-6H,4,7-10H2,(H,19,20)(H,21,22). The fourth-order valence-electron chi connectivity index (χ4n) is 2.21. The number of aromatic nitrogens is 3. The first-order valence-corrected chi connectivity index (χ1v) is 6.99. The smallest absolute Gasteiger partial charge is 0.358 e. The molecule has 2 aromatic rings. The quantitative estimate of drug-likeness (QED) is 0.767. The van der Waals surface area contributed by atoms with Crippen molar-refractivity contribution in [2.24, 2.45) is 0 Å². The zero-order valence-corrected chi connectivity index (χ0v) is 12.0. The second kappa shape index (κ2) is 7.35. The van der Waals surface area contributed by atoms with E-state index in [1.165, 1.54) is 4.68 Å². The summed E-state index contributed by atoms with van der Waals surface area (Å²) in [6.45, 7) is 0.344. The average Bonchev–Trinajstić information content (AvgIpc) is 2.89. The second-order valence-electron chi connectivity index (χ2n) is 4.90. The lowest BCUT2D eigenvalue weighted by molar-refractivity contribution is -0.137. The van der Waals surface area contributed by atoms with E-state index in [0.717, 1.165) is 5.56 Å². The summed E-state index contributed by atoms with van der Waals surface area (Å²) >= 11 is 0. The highest BCUT2D eigenvalue weighted by molar-refractivity contribution is 5.86. The first kappa shape index (κ1) is 15.7. The number of aliphatic carboxylic acids is 1. The van der Waals surface area contributed by atoms with Gasteiger partial charge in [-0.3, -0.25) is 4.79 Å². The third-order valence-electron chi connectivity index (χ3n) is 3.29. The van der Waals surface area contributed by atoms with Crippen LogP contribution in [-0.2, 0) is 24.2 Å². The molecular weight excluding hydrogens is 286 g/mol. The summed E-state index contributed by atoms with van der Waals surface area (Å²) in [6, 6.07) is 9.72. The molecule has 2 rings (SSSR count). The van der Waals surface area contributed by atoms with Gasteiger partial charge in [0.05, 0.1) is 5.69 Å². The largest absolute Gasteiger partial charge is 0.481 e. The first-order valence-electron chi connectivity index (χ1n) is 6.99. The molecule has 7 nitrogen and oxygen atoms in total. The van der Waals surface area contributed by atoms with Crippen LogP contribution in [0.25, 0.3) is 0 Å². The third kappa shape index (κ3) is 4.15. The molecule has 0 fully saturated rings. The molecule has 0 radical (unpaired) electrons. The minimum atomic E-state index is -1.12. The van der Waals surface area contributed by atoms with Gasteiger partial charge >= 0.3 is 11.9 Å². The highest BCUT2D eigenvalue weighted by atomic mass is 16.4. The summed E-state index contributed by atoms with van der Waals surface area (Å²) in [5.41, 5.74) is 1.56. The normalized spacial score (nSPS) is 10.5. The van der Waals surface area contributed by atoms with Gasteiger partial charge in [0.1, 0.15) is 0 Å². The Balaban J connectivity index is 2.10. The topological polar surface area (TPSA) is 105 Å². The number of rotatable bonds is 8. The fraction of sp³-hybridized carbons (Fsp3) is 0.333. The van der Waals surface area contributed by atoms with Crippen LogP contribution in [0.5, 0.6) is 0 Å². The molecule has 0 spiro atoms. The van der Waals surface area contributed by atoms with Crippen molar-refractivity contribution in [1.82, 2.24) is 15.0 Å². The molecule has 116 valence electrons. The van der Waals surface area contributed by atoms with E-state index in [-0.39, 0.29) is 12.1 Å². The van der Waals surface area contributed by atoms with Crippen LogP contribution in [0.2, 0.25) is 0 Å².